The Morgan fingerprint density at radius 2 is 2.00 bits per heavy atom. The van der Waals surface area contributed by atoms with E-state index in [1.54, 1.807) is 0 Å². The van der Waals surface area contributed by atoms with Crippen LogP contribution in [0.3, 0.4) is 0 Å². The van der Waals surface area contributed by atoms with Gasteiger partial charge in [0.1, 0.15) is 0 Å². The van der Waals surface area contributed by atoms with Crippen molar-refractivity contribution < 1.29 is 0 Å². The van der Waals surface area contributed by atoms with Crippen LogP contribution in [-0.4, -0.2) is 31.4 Å². The highest BCUT2D eigenvalue weighted by Crippen LogP contribution is 2.07. The van der Waals surface area contributed by atoms with Gasteiger partial charge in [-0.05, 0) is 12.8 Å². The van der Waals surface area contributed by atoms with Gasteiger partial charge in [-0.1, -0.05) is 26.0 Å². The monoisotopic (exact) mass is 168 g/mol. The third kappa shape index (κ3) is 3.56. The number of likely N-dealkylation sites (N-methyl/N-ethyl adjacent to an activating group) is 1. The van der Waals surface area contributed by atoms with Crippen molar-refractivity contribution in [2.75, 3.05) is 20.6 Å². The van der Waals surface area contributed by atoms with E-state index in [9.17, 15) is 0 Å². The Balaban J connectivity index is 4.01. The Hall–Kier alpha value is -0.790. The maximum absolute atomic E-state index is 4.10. The van der Waals surface area contributed by atoms with E-state index >= 15 is 0 Å². The molecule has 0 atom stereocenters. The van der Waals surface area contributed by atoms with Crippen LogP contribution in [0.4, 0.5) is 0 Å². The lowest BCUT2D eigenvalue weighted by molar-refractivity contribution is 0.516. The molecule has 0 saturated heterocycles. The summed E-state index contributed by atoms with van der Waals surface area (Å²) < 4.78 is 0. The predicted molar refractivity (Wildman–Crippen MR) is 55.6 cm³/mol. The molecule has 2 nitrogen and oxygen atoms in total. The largest absolute Gasteiger partial charge is 0.360 e. The van der Waals surface area contributed by atoms with Gasteiger partial charge in [0.2, 0.25) is 0 Å². The van der Waals surface area contributed by atoms with Gasteiger partial charge < -0.3 is 4.90 Å². The van der Waals surface area contributed by atoms with Crippen LogP contribution in [-0.2, 0) is 0 Å². The SMILES string of the molecule is C=C(CN(C)/C(C)=N\C)C(C)C. The van der Waals surface area contributed by atoms with E-state index in [1.165, 1.54) is 5.57 Å². The maximum Gasteiger partial charge on any atom is 0.0954 e. The zero-order valence-corrected chi connectivity index (χ0v) is 8.89. The molecule has 0 aromatic heterocycles. The van der Waals surface area contributed by atoms with Gasteiger partial charge >= 0.3 is 0 Å². The van der Waals surface area contributed by atoms with Gasteiger partial charge in [-0.25, -0.2) is 0 Å². The molecule has 0 amide bonds. The summed E-state index contributed by atoms with van der Waals surface area (Å²) in [6.07, 6.45) is 0. The average molecular weight is 168 g/mol. The van der Waals surface area contributed by atoms with Crippen LogP contribution in [0.15, 0.2) is 17.1 Å². The highest BCUT2D eigenvalue weighted by Gasteiger charge is 2.04. The highest BCUT2D eigenvalue weighted by atomic mass is 15.1. The van der Waals surface area contributed by atoms with E-state index in [0.717, 1.165) is 12.4 Å². The summed E-state index contributed by atoms with van der Waals surface area (Å²) in [5, 5.41) is 0. The van der Waals surface area contributed by atoms with E-state index in [-0.39, 0.29) is 0 Å². The quantitative estimate of drug-likeness (QED) is 0.358. The van der Waals surface area contributed by atoms with Crippen LogP contribution in [0, 0.1) is 5.92 Å². The van der Waals surface area contributed by atoms with Gasteiger partial charge in [0.25, 0.3) is 0 Å². The van der Waals surface area contributed by atoms with Crippen molar-refractivity contribution in [3.05, 3.63) is 12.2 Å². The average Bonchev–Trinajstić information content (AvgIpc) is 2.02. The smallest absolute Gasteiger partial charge is 0.0954 e. The molecule has 0 saturated carbocycles. The highest BCUT2D eigenvalue weighted by molar-refractivity contribution is 5.79. The first-order valence-corrected chi connectivity index (χ1v) is 4.31. The van der Waals surface area contributed by atoms with E-state index < -0.39 is 0 Å². The molecule has 0 bridgehead atoms. The summed E-state index contributed by atoms with van der Waals surface area (Å²) >= 11 is 0. The van der Waals surface area contributed by atoms with Crippen molar-refractivity contribution in [2.24, 2.45) is 10.9 Å². The van der Waals surface area contributed by atoms with E-state index in [1.807, 2.05) is 21.0 Å². The molecule has 0 aliphatic heterocycles. The van der Waals surface area contributed by atoms with Crippen molar-refractivity contribution in [2.45, 2.75) is 20.8 Å². The minimum Gasteiger partial charge on any atom is -0.360 e. The van der Waals surface area contributed by atoms with Crippen molar-refractivity contribution in [3.8, 4) is 0 Å². The normalized spacial score (nSPS) is 12.0. The first-order chi connectivity index (χ1) is 5.49. The van der Waals surface area contributed by atoms with Crippen molar-refractivity contribution in [3.63, 3.8) is 0 Å². The number of hydrogen-bond donors (Lipinski definition) is 0. The third-order valence-electron chi connectivity index (χ3n) is 2.13. The molecule has 0 spiro atoms. The fraction of sp³-hybridized carbons (Fsp3) is 0.700. The second kappa shape index (κ2) is 4.96. The summed E-state index contributed by atoms with van der Waals surface area (Å²) in [5.74, 6) is 1.61. The Kier molecular flexibility index (Phi) is 4.64. The first-order valence-electron chi connectivity index (χ1n) is 4.31. The summed E-state index contributed by atoms with van der Waals surface area (Å²) in [7, 11) is 3.85. The van der Waals surface area contributed by atoms with Crippen LogP contribution in [0.2, 0.25) is 0 Å². The fourth-order valence-electron chi connectivity index (χ4n) is 0.772. The molecule has 0 aromatic carbocycles. The lowest BCUT2D eigenvalue weighted by atomic mass is 10.1. The lowest BCUT2D eigenvalue weighted by Gasteiger charge is -2.21. The van der Waals surface area contributed by atoms with Crippen molar-refractivity contribution >= 4 is 5.84 Å². The van der Waals surface area contributed by atoms with Gasteiger partial charge in [-0.2, -0.15) is 0 Å². The van der Waals surface area contributed by atoms with E-state index in [0.29, 0.717) is 5.92 Å². The minimum atomic E-state index is 0.553. The molecule has 2 heteroatoms. The number of rotatable bonds is 3. The first kappa shape index (κ1) is 11.2. The van der Waals surface area contributed by atoms with Gasteiger partial charge in [0.05, 0.1) is 5.84 Å². The van der Waals surface area contributed by atoms with Crippen molar-refractivity contribution in [1.29, 1.82) is 0 Å². The maximum atomic E-state index is 4.10. The number of hydrogen-bond acceptors (Lipinski definition) is 1. The van der Waals surface area contributed by atoms with Crippen LogP contribution in [0.5, 0.6) is 0 Å². The Morgan fingerprint density at radius 3 is 2.33 bits per heavy atom. The van der Waals surface area contributed by atoms with E-state index in [2.05, 4.69) is 30.3 Å². The standard InChI is InChI=1S/C10H20N2/c1-8(2)9(3)7-12(6)10(4)11-5/h8H,3,7H2,1-2,4-6H3/b11-10-. The molecule has 70 valence electrons. The second-order valence-corrected chi connectivity index (χ2v) is 3.44. The molecular formula is C10H20N2. The third-order valence-corrected chi connectivity index (χ3v) is 2.13. The van der Waals surface area contributed by atoms with Gasteiger partial charge in [0, 0.05) is 20.6 Å². The zero-order chi connectivity index (χ0) is 9.72. The topological polar surface area (TPSA) is 15.6 Å². The van der Waals surface area contributed by atoms with Gasteiger partial charge in [-0.15, -0.1) is 0 Å². The fourth-order valence-corrected chi connectivity index (χ4v) is 0.772. The Labute approximate surface area is 76.0 Å². The molecule has 12 heavy (non-hydrogen) atoms. The molecule has 0 aliphatic carbocycles. The second-order valence-electron chi connectivity index (χ2n) is 3.44. The lowest BCUT2D eigenvalue weighted by Crippen LogP contribution is -2.27. The van der Waals surface area contributed by atoms with Crippen LogP contribution in [0.25, 0.3) is 0 Å². The Morgan fingerprint density at radius 1 is 1.50 bits per heavy atom. The number of amidine groups is 1. The summed E-state index contributed by atoms with van der Waals surface area (Å²) in [5.41, 5.74) is 1.25. The minimum absolute atomic E-state index is 0.553. The summed E-state index contributed by atoms with van der Waals surface area (Å²) in [4.78, 5) is 6.22. The molecule has 0 unspecified atom stereocenters. The molecular weight excluding hydrogens is 148 g/mol. The molecule has 0 N–H and O–H groups in total. The summed E-state index contributed by atoms with van der Waals surface area (Å²) in [6, 6.07) is 0. The number of aliphatic imine (C=N–C) groups is 1. The summed E-state index contributed by atoms with van der Waals surface area (Å²) in [6.45, 7) is 11.2. The predicted octanol–water partition coefficient (Wildman–Crippen LogP) is 2.18. The van der Waals surface area contributed by atoms with Crippen LogP contribution >= 0.6 is 0 Å². The molecule has 0 aromatic rings. The van der Waals surface area contributed by atoms with Crippen LogP contribution in [0.1, 0.15) is 20.8 Å². The van der Waals surface area contributed by atoms with E-state index in [4.69, 9.17) is 0 Å². The number of nitrogens with zero attached hydrogens (tertiary/aromatic N) is 2. The molecule has 0 rings (SSSR count). The molecule has 0 radical (unpaired) electrons. The van der Waals surface area contributed by atoms with Crippen LogP contribution < -0.4 is 0 Å². The molecule has 0 aliphatic rings. The molecule has 0 heterocycles. The van der Waals surface area contributed by atoms with Crippen molar-refractivity contribution in [1.82, 2.24) is 4.90 Å². The Bertz CT molecular complexity index is 180. The molecule has 0 fully saturated rings. The van der Waals surface area contributed by atoms with Gasteiger partial charge in [0.15, 0.2) is 0 Å². The van der Waals surface area contributed by atoms with Gasteiger partial charge in [-0.3, -0.25) is 4.99 Å². The zero-order valence-electron chi connectivity index (χ0n) is 8.89.